The molecule has 0 saturated heterocycles. The molecule has 1 radical (unpaired) electrons. The number of rotatable bonds is 7. The van der Waals surface area contributed by atoms with Crippen LogP contribution in [0.25, 0.3) is 41.5 Å². The first-order chi connectivity index (χ1) is 20.4. The van der Waals surface area contributed by atoms with Crippen LogP contribution in [-0.2, 0) is 30.3 Å². The largest absolute Gasteiger partial charge is 0.512 e. The second-order valence-corrected chi connectivity index (χ2v) is 15.3. The van der Waals surface area contributed by atoms with E-state index < -0.39 is 0 Å². The van der Waals surface area contributed by atoms with Gasteiger partial charge in [-0.3, -0.25) is 4.79 Å². The zero-order valence-electron chi connectivity index (χ0n) is 27.2. The van der Waals surface area contributed by atoms with Crippen molar-refractivity contribution in [2.75, 3.05) is 0 Å². The van der Waals surface area contributed by atoms with Gasteiger partial charge >= 0.3 is 158 Å². The van der Waals surface area contributed by atoms with Crippen molar-refractivity contribution in [3.05, 3.63) is 89.7 Å². The zero-order chi connectivity index (χ0) is 31.2. The van der Waals surface area contributed by atoms with Gasteiger partial charge in [0.15, 0.2) is 5.78 Å². The van der Waals surface area contributed by atoms with Crippen LogP contribution in [0.15, 0.2) is 72.5 Å². The number of nitrogens with zero attached hydrogens (tertiary/aromatic N) is 1. The zero-order valence-corrected chi connectivity index (χ0v) is 31.3. The number of carbonyl (C=O) groups is 1. The van der Waals surface area contributed by atoms with Crippen LogP contribution in [0.5, 0.6) is 0 Å². The summed E-state index contributed by atoms with van der Waals surface area (Å²) in [5, 5.41) is 14.2. The Kier molecular flexibility index (Phi) is 10.2. The Balaban J connectivity index is 0.000000218. The number of pyridine rings is 1. The third-order valence-electron chi connectivity index (χ3n) is 10.4. The number of aliphatic hydroxyl groups is 1. The van der Waals surface area contributed by atoms with E-state index in [1.54, 1.807) is 0 Å². The minimum Gasteiger partial charge on any atom is -0.512 e. The molecule has 233 valence electrons. The number of aromatic nitrogens is 1. The fourth-order valence-electron chi connectivity index (χ4n) is 6.12. The molecule has 0 fully saturated rings. The maximum Gasteiger partial charge on any atom is 0.164 e. The van der Waals surface area contributed by atoms with E-state index in [9.17, 15) is 9.90 Å². The molecule has 0 atom stereocenters. The summed E-state index contributed by atoms with van der Waals surface area (Å²) in [6.07, 6.45) is 4.75. The number of fused-ring (bicyclic) bond motifs is 3. The van der Waals surface area contributed by atoms with E-state index in [-0.39, 0.29) is 47.9 Å². The average Bonchev–Trinajstić information content (AvgIpc) is 3.39. The summed E-state index contributed by atoms with van der Waals surface area (Å²) >= 11 is 0.370. The third kappa shape index (κ3) is 5.78. The molecule has 0 saturated carbocycles. The molecule has 1 aliphatic carbocycles. The predicted molar refractivity (Wildman–Crippen MR) is 183 cm³/mol. The molecule has 1 aliphatic rings. The van der Waals surface area contributed by atoms with Crippen LogP contribution in [-0.4, -0.2) is 30.4 Å². The molecular formula is C39H44IrNO2Se-. The van der Waals surface area contributed by atoms with Crippen molar-refractivity contribution < 1.29 is 30.0 Å². The number of para-hydroxylation sites is 1. The number of allylic oxidation sites excluding steroid dienone is 2. The molecule has 3 aromatic carbocycles. The van der Waals surface area contributed by atoms with Crippen molar-refractivity contribution in [3.8, 4) is 11.3 Å². The smallest absolute Gasteiger partial charge is 0.164 e. The normalized spacial score (nSPS) is 14.1. The molecule has 2 aromatic heterocycles. The summed E-state index contributed by atoms with van der Waals surface area (Å²) in [6, 6.07) is 25.5. The van der Waals surface area contributed by atoms with Gasteiger partial charge in [-0.2, -0.15) is 0 Å². The van der Waals surface area contributed by atoms with Gasteiger partial charge in [0, 0.05) is 37.0 Å². The summed E-state index contributed by atoms with van der Waals surface area (Å²) in [4.78, 5) is 17.3. The molecule has 1 N–H and O–H groups in total. The number of hydrogen-bond donors (Lipinski definition) is 1. The molecule has 0 spiro atoms. The predicted octanol–water partition coefficient (Wildman–Crippen LogP) is 10.4. The van der Waals surface area contributed by atoms with E-state index in [4.69, 9.17) is 4.98 Å². The molecule has 3 nitrogen and oxygen atoms in total. The van der Waals surface area contributed by atoms with E-state index in [0.29, 0.717) is 14.5 Å². The molecule has 0 unspecified atom stereocenters. The molecule has 2 heterocycles. The van der Waals surface area contributed by atoms with Crippen molar-refractivity contribution >= 4 is 50.5 Å². The molecule has 5 aromatic rings. The Morgan fingerprint density at radius 3 is 2.18 bits per heavy atom. The van der Waals surface area contributed by atoms with Crippen LogP contribution in [0, 0.1) is 16.9 Å². The molecule has 0 amide bonds. The van der Waals surface area contributed by atoms with Crippen molar-refractivity contribution in [1.82, 2.24) is 4.98 Å². The fraction of sp³-hybridized carbons (Fsp3) is 0.385. The van der Waals surface area contributed by atoms with Gasteiger partial charge in [-0.1, -0.05) is 41.5 Å². The van der Waals surface area contributed by atoms with Crippen LogP contribution in [0.3, 0.4) is 0 Å². The first-order valence-electron chi connectivity index (χ1n) is 15.7. The van der Waals surface area contributed by atoms with Gasteiger partial charge in [0.25, 0.3) is 0 Å². The standard InChI is InChI=1S/C24H16NSe.C15H28O2.Ir/c1-24(2)16-9-6-12-20-22(16)21-15(8-5-11-19(21)26-20)23-17(24)13-14-7-3-4-10-18(14)25-23;1-7-14(5,8-2)12(16)11-13(17)15(6,9-3)10-4;/h3-7,9-13H,1-2H3;11,16H,7-10H2,1-6H3;/q-1;;/b;12-11-;. The second-order valence-electron chi connectivity index (χ2n) is 13.0. The van der Waals surface area contributed by atoms with Gasteiger partial charge in [0.05, 0.1) is 0 Å². The number of hydrogen-bond acceptors (Lipinski definition) is 3. The Hall–Kier alpha value is -2.55. The molecule has 6 rings (SSSR count). The van der Waals surface area contributed by atoms with Crippen molar-refractivity contribution in [2.24, 2.45) is 10.8 Å². The Morgan fingerprint density at radius 2 is 1.52 bits per heavy atom. The third-order valence-corrected chi connectivity index (χ3v) is 12.7. The first kappa shape index (κ1) is 34.3. The van der Waals surface area contributed by atoms with Gasteiger partial charge < -0.3 is 5.11 Å². The van der Waals surface area contributed by atoms with Crippen molar-refractivity contribution in [1.29, 1.82) is 0 Å². The quantitative estimate of drug-likeness (QED) is 0.0770. The average molecular weight is 830 g/mol. The molecule has 44 heavy (non-hydrogen) atoms. The van der Waals surface area contributed by atoms with E-state index in [1.807, 2.05) is 41.5 Å². The molecule has 5 heteroatoms. The van der Waals surface area contributed by atoms with E-state index in [2.05, 4.69) is 80.6 Å². The van der Waals surface area contributed by atoms with E-state index >= 15 is 0 Å². The van der Waals surface area contributed by atoms with E-state index in [1.165, 1.54) is 47.4 Å². The SMILES string of the molecule is CC1(C)c2cc3ccccc3nc2-c2[c-]ccc3[se]c4cccc1c4c23.CCC(C)(CC)C(=O)/C=C(\O)C(C)(CC)CC.[Ir]. The fourth-order valence-corrected chi connectivity index (χ4v) is 8.52. The van der Waals surface area contributed by atoms with Crippen LogP contribution in [0.2, 0.25) is 0 Å². The minimum atomic E-state index is -0.337. The Bertz CT molecular complexity index is 1860. The summed E-state index contributed by atoms with van der Waals surface area (Å²) in [7, 11) is 0. The summed E-state index contributed by atoms with van der Waals surface area (Å²) < 4.78 is 2.96. The maximum atomic E-state index is 12.2. The first-order valence-corrected chi connectivity index (χ1v) is 17.4. The monoisotopic (exact) mass is 831 g/mol. The number of carbonyl (C=O) groups excluding carboxylic acids is 1. The number of ketones is 1. The van der Waals surface area contributed by atoms with Gasteiger partial charge in [0.1, 0.15) is 5.76 Å². The number of benzene rings is 3. The van der Waals surface area contributed by atoms with Crippen molar-refractivity contribution in [2.45, 2.75) is 86.5 Å². The molecule has 0 aliphatic heterocycles. The van der Waals surface area contributed by atoms with Crippen LogP contribution in [0.1, 0.15) is 92.2 Å². The summed E-state index contributed by atoms with van der Waals surface area (Å²) in [5.74, 6) is 0.286. The van der Waals surface area contributed by atoms with Crippen LogP contribution in [0.4, 0.5) is 0 Å². The summed E-state index contributed by atoms with van der Waals surface area (Å²) in [6.45, 7) is 16.8. The van der Waals surface area contributed by atoms with Crippen molar-refractivity contribution in [3.63, 3.8) is 0 Å². The maximum absolute atomic E-state index is 12.2. The molecular weight excluding hydrogens is 786 g/mol. The van der Waals surface area contributed by atoms with Gasteiger partial charge in [0.2, 0.25) is 0 Å². The second kappa shape index (κ2) is 13.1. The molecule has 0 bridgehead atoms. The van der Waals surface area contributed by atoms with Gasteiger partial charge in [-0.05, 0) is 25.7 Å². The Labute approximate surface area is 282 Å². The van der Waals surface area contributed by atoms with E-state index in [0.717, 1.165) is 36.9 Å². The summed E-state index contributed by atoms with van der Waals surface area (Å²) in [5.41, 5.74) is 5.37. The van der Waals surface area contributed by atoms with Crippen LogP contribution >= 0.6 is 0 Å². The Morgan fingerprint density at radius 1 is 0.886 bits per heavy atom. The van der Waals surface area contributed by atoms with Gasteiger partial charge in [-0.15, -0.1) is 0 Å². The van der Waals surface area contributed by atoms with Crippen LogP contribution < -0.4 is 0 Å². The topological polar surface area (TPSA) is 50.2 Å². The number of aliphatic hydroxyl groups excluding tert-OH is 1. The minimum absolute atomic E-state index is 0. The van der Waals surface area contributed by atoms with Gasteiger partial charge in [-0.25, -0.2) is 0 Å².